The Kier molecular flexibility index (Phi) is 7.43. The molecule has 0 saturated heterocycles. The molecule has 0 fully saturated rings. The fourth-order valence-corrected chi connectivity index (χ4v) is 3.01. The maximum absolute atomic E-state index is 12.2. The molecule has 0 aromatic heterocycles. The first-order valence-corrected chi connectivity index (χ1v) is 9.93. The molecule has 0 spiro atoms. The summed E-state index contributed by atoms with van der Waals surface area (Å²) in [5.74, 6) is -2.34. The summed E-state index contributed by atoms with van der Waals surface area (Å²) in [5, 5.41) is 0.493. The molecule has 0 aliphatic carbocycles. The highest BCUT2D eigenvalue weighted by Crippen LogP contribution is 2.15. The summed E-state index contributed by atoms with van der Waals surface area (Å²) < 4.78 is 0. The number of halogens is 2. The predicted molar refractivity (Wildman–Crippen MR) is 119 cm³/mol. The highest BCUT2D eigenvalue weighted by molar-refractivity contribution is 6.34. The highest BCUT2D eigenvalue weighted by Gasteiger charge is 2.14. The van der Waals surface area contributed by atoms with E-state index in [9.17, 15) is 19.2 Å². The normalized spacial score (nSPS) is 10.1. The molecule has 0 unspecified atom stereocenters. The number of rotatable bonds is 4. The first-order valence-electron chi connectivity index (χ1n) is 9.17. The predicted octanol–water partition coefficient (Wildman–Crippen LogP) is 3.14. The van der Waals surface area contributed by atoms with Crippen LogP contribution in [0, 0.1) is 0 Å². The van der Waals surface area contributed by atoms with Crippen LogP contribution >= 0.6 is 23.2 Å². The van der Waals surface area contributed by atoms with Gasteiger partial charge in [0.1, 0.15) is 0 Å². The molecular weight excluding hydrogens is 455 g/mol. The number of carbonyl (C=O) groups is 4. The van der Waals surface area contributed by atoms with E-state index >= 15 is 0 Å². The Morgan fingerprint density at radius 1 is 0.469 bits per heavy atom. The molecular formula is C22H16Cl2N4O4. The van der Waals surface area contributed by atoms with Crippen LogP contribution < -0.4 is 21.7 Å². The van der Waals surface area contributed by atoms with Gasteiger partial charge in [0.05, 0.1) is 21.2 Å². The average molecular weight is 471 g/mol. The number of amides is 4. The van der Waals surface area contributed by atoms with E-state index in [1.54, 1.807) is 36.4 Å². The smallest absolute Gasteiger partial charge is 0.267 e. The van der Waals surface area contributed by atoms with E-state index in [1.165, 1.54) is 36.4 Å². The summed E-state index contributed by atoms with van der Waals surface area (Å²) in [5.41, 5.74) is 9.88. The van der Waals surface area contributed by atoms with Gasteiger partial charge in [-0.1, -0.05) is 47.5 Å². The molecule has 0 radical (unpaired) electrons. The van der Waals surface area contributed by atoms with Crippen LogP contribution in [-0.2, 0) is 0 Å². The molecule has 0 aliphatic heterocycles. The molecule has 0 saturated carbocycles. The van der Waals surface area contributed by atoms with Crippen LogP contribution in [0.2, 0.25) is 10.0 Å². The van der Waals surface area contributed by atoms with Gasteiger partial charge in [-0.25, -0.2) is 0 Å². The van der Waals surface area contributed by atoms with Crippen molar-refractivity contribution in [3.05, 3.63) is 105 Å². The summed E-state index contributed by atoms with van der Waals surface area (Å²) in [6.07, 6.45) is 0. The van der Waals surface area contributed by atoms with Crippen molar-refractivity contribution in [3.63, 3.8) is 0 Å². The van der Waals surface area contributed by atoms with Crippen LogP contribution in [0.5, 0.6) is 0 Å². The van der Waals surface area contributed by atoms with Crippen molar-refractivity contribution in [2.75, 3.05) is 0 Å². The van der Waals surface area contributed by atoms with Crippen molar-refractivity contribution in [3.8, 4) is 0 Å². The van der Waals surface area contributed by atoms with Crippen LogP contribution in [0.15, 0.2) is 72.8 Å². The highest BCUT2D eigenvalue weighted by atomic mass is 35.5. The molecule has 4 amide bonds. The number of benzene rings is 3. The number of hydrogen-bond acceptors (Lipinski definition) is 4. The maximum Gasteiger partial charge on any atom is 0.271 e. The topological polar surface area (TPSA) is 116 Å². The zero-order valence-electron chi connectivity index (χ0n) is 16.3. The Labute approximate surface area is 192 Å². The zero-order valence-corrected chi connectivity index (χ0v) is 17.8. The number of carbonyl (C=O) groups excluding carboxylic acids is 4. The quantitative estimate of drug-likeness (QED) is 0.438. The lowest BCUT2D eigenvalue weighted by molar-refractivity contribution is 0.0844. The Morgan fingerprint density at radius 3 is 1.12 bits per heavy atom. The first-order chi connectivity index (χ1) is 15.4. The van der Waals surface area contributed by atoms with Gasteiger partial charge in [-0.3, -0.25) is 40.9 Å². The van der Waals surface area contributed by atoms with Crippen molar-refractivity contribution >= 4 is 46.8 Å². The SMILES string of the molecule is O=C(NNC(=O)c1ccccc1Cl)c1ccc(C(=O)NNC(=O)c2ccccc2Cl)cc1. The van der Waals surface area contributed by atoms with Crippen LogP contribution in [0.1, 0.15) is 41.4 Å². The summed E-state index contributed by atoms with van der Waals surface area (Å²) in [7, 11) is 0. The zero-order chi connectivity index (χ0) is 23.1. The largest absolute Gasteiger partial charge is 0.271 e. The molecule has 0 bridgehead atoms. The molecule has 32 heavy (non-hydrogen) atoms. The number of hydrazine groups is 2. The maximum atomic E-state index is 12.2. The van der Waals surface area contributed by atoms with Gasteiger partial charge in [-0.15, -0.1) is 0 Å². The Bertz CT molecular complexity index is 1090. The first kappa shape index (κ1) is 22.8. The van der Waals surface area contributed by atoms with E-state index in [4.69, 9.17) is 23.2 Å². The van der Waals surface area contributed by atoms with E-state index in [0.717, 1.165) is 0 Å². The monoisotopic (exact) mass is 470 g/mol. The Balaban J connectivity index is 1.53. The van der Waals surface area contributed by atoms with Gasteiger partial charge in [-0.2, -0.15) is 0 Å². The standard InChI is InChI=1S/C22H16Cl2N4O4/c23-17-7-3-1-5-15(17)21(31)27-25-19(29)13-9-11-14(12-10-13)20(30)26-28-22(32)16-6-2-4-8-18(16)24/h1-12H,(H,25,29)(H,26,30)(H,27,31)(H,28,32). The molecule has 162 valence electrons. The van der Waals surface area contributed by atoms with Gasteiger partial charge in [0.15, 0.2) is 0 Å². The van der Waals surface area contributed by atoms with E-state index in [2.05, 4.69) is 21.7 Å². The number of nitrogens with one attached hydrogen (secondary N) is 4. The fourth-order valence-electron chi connectivity index (χ4n) is 2.57. The second-order valence-corrected chi connectivity index (χ2v) is 7.17. The molecule has 3 rings (SSSR count). The van der Waals surface area contributed by atoms with Crippen molar-refractivity contribution < 1.29 is 19.2 Å². The summed E-state index contributed by atoms with van der Waals surface area (Å²) in [6, 6.07) is 18.3. The molecule has 4 N–H and O–H groups in total. The molecule has 3 aromatic rings. The van der Waals surface area contributed by atoms with Gasteiger partial charge >= 0.3 is 0 Å². The summed E-state index contributed by atoms with van der Waals surface area (Å²) >= 11 is 11.9. The summed E-state index contributed by atoms with van der Waals surface area (Å²) in [6.45, 7) is 0. The van der Waals surface area contributed by atoms with Crippen molar-refractivity contribution in [2.45, 2.75) is 0 Å². The van der Waals surface area contributed by atoms with Crippen LogP contribution in [0.4, 0.5) is 0 Å². The second-order valence-electron chi connectivity index (χ2n) is 6.35. The molecule has 0 atom stereocenters. The van der Waals surface area contributed by atoms with Crippen LogP contribution in [0.3, 0.4) is 0 Å². The van der Waals surface area contributed by atoms with E-state index in [0.29, 0.717) is 0 Å². The van der Waals surface area contributed by atoms with E-state index in [-0.39, 0.29) is 32.3 Å². The third-order valence-corrected chi connectivity index (χ3v) is 4.88. The molecule has 0 aliphatic rings. The molecule has 10 heteroatoms. The summed E-state index contributed by atoms with van der Waals surface area (Å²) in [4.78, 5) is 48.6. The van der Waals surface area contributed by atoms with Gasteiger partial charge < -0.3 is 0 Å². The third-order valence-electron chi connectivity index (χ3n) is 4.23. The van der Waals surface area contributed by atoms with Crippen molar-refractivity contribution in [1.82, 2.24) is 21.7 Å². The minimum Gasteiger partial charge on any atom is -0.267 e. The lowest BCUT2D eigenvalue weighted by Gasteiger charge is -2.10. The fraction of sp³-hybridized carbons (Fsp3) is 0. The minimum absolute atomic E-state index is 0.195. The van der Waals surface area contributed by atoms with E-state index in [1.807, 2.05) is 0 Å². The second kappa shape index (κ2) is 10.4. The minimum atomic E-state index is -0.593. The van der Waals surface area contributed by atoms with Gasteiger partial charge in [0, 0.05) is 11.1 Å². The van der Waals surface area contributed by atoms with Gasteiger partial charge in [0.25, 0.3) is 23.6 Å². The molecule has 8 nitrogen and oxygen atoms in total. The van der Waals surface area contributed by atoms with Crippen LogP contribution in [0.25, 0.3) is 0 Å². The molecule has 3 aromatic carbocycles. The number of hydrogen-bond donors (Lipinski definition) is 4. The van der Waals surface area contributed by atoms with Crippen LogP contribution in [-0.4, -0.2) is 23.6 Å². The van der Waals surface area contributed by atoms with Gasteiger partial charge in [-0.05, 0) is 48.5 Å². The Morgan fingerprint density at radius 2 is 0.781 bits per heavy atom. The third kappa shape index (κ3) is 5.63. The lowest BCUT2D eigenvalue weighted by Crippen LogP contribution is -2.42. The molecule has 0 heterocycles. The van der Waals surface area contributed by atoms with Gasteiger partial charge in [0.2, 0.25) is 0 Å². The lowest BCUT2D eigenvalue weighted by atomic mass is 10.1. The van der Waals surface area contributed by atoms with Crippen molar-refractivity contribution in [2.24, 2.45) is 0 Å². The van der Waals surface area contributed by atoms with E-state index < -0.39 is 23.6 Å². The average Bonchev–Trinajstić information content (AvgIpc) is 2.81. The van der Waals surface area contributed by atoms with Crippen molar-refractivity contribution in [1.29, 1.82) is 0 Å². The Hall–Kier alpha value is -3.88.